The summed E-state index contributed by atoms with van der Waals surface area (Å²) < 4.78 is 2.04. The summed E-state index contributed by atoms with van der Waals surface area (Å²) in [7, 11) is 4.18. The summed E-state index contributed by atoms with van der Waals surface area (Å²) in [4.78, 5) is 0. The van der Waals surface area contributed by atoms with Gasteiger partial charge in [-0.3, -0.25) is 4.68 Å². The smallest absolute Gasteiger partial charge is 0.0596 e. The molecule has 0 aromatic carbocycles. The van der Waals surface area contributed by atoms with Crippen LogP contribution in [0.2, 0.25) is 0 Å². The lowest BCUT2D eigenvalue weighted by Gasteiger charge is -2.33. The van der Waals surface area contributed by atoms with Crippen LogP contribution in [0.4, 0.5) is 0 Å². The summed E-state index contributed by atoms with van der Waals surface area (Å²) in [6, 6.07) is 2.83. The van der Waals surface area contributed by atoms with E-state index < -0.39 is 0 Å². The zero-order valence-electron chi connectivity index (χ0n) is 13.7. The van der Waals surface area contributed by atoms with Crippen molar-refractivity contribution in [2.75, 3.05) is 7.05 Å². The first-order valence-electron chi connectivity index (χ1n) is 8.30. The number of hydrogen-bond donors (Lipinski definition) is 1. The van der Waals surface area contributed by atoms with Crippen molar-refractivity contribution in [1.29, 1.82) is 0 Å². The van der Waals surface area contributed by atoms with Gasteiger partial charge in [-0.25, -0.2) is 0 Å². The number of likely N-dealkylation sites (N-methyl/N-ethyl adjacent to an activating group) is 1. The minimum atomic E-state index is 0.604. The van der Waals surface area contributed by atoms with Gasteiger partial charge >= 0.3 is 0 Å². The minimum Gasteiger partial charge on any atom is -0.316 e. The molecule has 0 aliphatic heterocycles. The van der Waals surface area contributed by atoms with Crippen LogP contribution in [0.25, 0.3) is 0 Å². The summed E-state index contributed by atoms with van der Waals surface area (Å²) in [5.74, 6) is 1.83. The standard InChI is InChI=1S/C17H31N3/c1-5-6-14-7-9-15(10-8-14)17(18-3)12-16-11-13(2)19-20(16)4/h11,14-15,17-18H,5-10,12H2,1-4H3. The Morgan fingerprint density at radius 2 is 2.05 bits per heavy atom. The van der Waals surface area contributed by atoms with E-state index in [1.165, 1.54) is 44.2 Å². The molecule has 3 heteroatoms. The van der Waals surface area contributed by atoms with Crippen LogP contribution in [0.5, 0.6) is 0 Å². The second-order valence-electron chi connectivity index (χ2n) is 6.57. The Morgan fingerprint density at radius 3 is 2.55 bits per heavy atom. The highest BCUT2D eigenvalue weighted by Gasteiger charge is 2.27. The molecule has 3 nitrogen and oxygen atoms in total. The molecule has 1 fully saturated rings. The van der Waals surface area contributed by atoms with Crippen LogP contribution in [0, 0.1) is 18.8 Å². The van der Waals surface area contributed by atoms with Gasteiger partial charge in [-0.05, 0) is 44.7 Å². The molecular formula is C17H31N3. The van der Waals surface area contributed by atoms with Crippen molar-refractivity contribution in [2.45, 2.75) is 64.8 Å². The van der Waals surface area contributed by atoms with Gasteiger partial charge in [-0.1, -0.05) is 32.6 Å². The largest absolute Gasteiger partial charge is 0.316 e. The third kappa shape index (κ3) is 3.85. The summed E-state index contributed by atoms with van der Waals surface area (Å²) in [6.07, 6.45) is 9.54. The normalized spacial score (nSPS) is 24.8. The highest BCUT2D eigenvalue weighted by molar-refractivity contribution is 5.10. The number of nitrogens with one attached hydrogen (secondary N) is 1. The van der Waals surface area contributed by atoms with Crippen LogP contribution in [-0.2, 0) is 13.5 Å². The predicted molar refractivity (Wildman–Crippen MR) is 84.9 cm³/mol. The van der Waals surface area contributed by atoms with Gasteiger partial charge in [0.2, 0.25) is 0 Å². The molecule has 0 radical (unpaired) electrons. The molecule has 1 saturated carbocycles. The fraction of sp³-hybridized carbons (Fsp3) is 0.824. The molecule has 1 aliphatic carbocycles. The Bertz CT molecular complexity index is 402. The molecule has 0 saturated heterocycles. The lowest BCUT2D eigenvalue weighted by Crippen LogP contribution is -2.38. The number of aryl methyl sites for hydroxylation is 2. The van der Waals surface area contributed by atoms with Gasteiger partial charge in [0.25, 0.3) is 0 Å². The van der Waals surface area contributed by atoms with Gasteiger partial charge in [-0.15, -0.1) is 0 Å². The van der Waals surface area contributed by atoms with Gasteiger partial charge in [-0.2, -0.15) is 5.10 Å². The maximum atomic E-state index is 4.47. The molecule has 0 amide bonds. The van der Waals surface area contributed by atoms with Gasteiger partial charge in [0.05, 0.1) is 5.69 Å². The lowest BCUT2D eigenvalue weighted by atomic mass is 9.76. The van der Waals surface area contributed by atoms with Crippen LogP contribution in [0.3, 0.4) is 0 Å². The van der Waals surface area contributed by atoms with Crippen molar-refractivity contribution in [3.05, 3.63) is 17.5 Å². The van der Waals surface area contributed by atoms with Crippen molar-refractivity contribution in [1.82, 2.24) is 15.1 Å². The molecule has 1 aromatic heterocycles. The maximum Gasteiger partial charge on any atom is 0.0596 e. The lowest BCUT2D eigenvalue weighted by molar-refractivity contribution is 0.216. The van der Waals surface area contributed by atoms with Gasteiger partial charge < -0.3 is 5.32 Å². The number of aromatic nitrogens is 2. The van der Waals surface area contributed by atoms with E-state index in [1.807, 2.05) is 4.68 Å². The molecule has 1 N–H and O–H groups in total. The Kier molecular flexibility index (Phi) is 5.64. The van der Waals surface area contributed by atoms with Gasteiger partial charge in [0, 0.05) is 25.2 Å². The van der Waals surface area contributed by atoms with Crippen molar-refractivity contribution < 1.29 is 0 Å². The zero-order valence-corrected chi connectivity index (χ0v) is 13.7. The average Bonchev–Trinajstić information content (AvgIpc) is 2.75. The molecular weight excluding hydrogens is 246 g/mol. The zero-order chi connectivity index (χ0) is 14.5. The molecule has 2 rings (SSSR count). The summed E-state index contributed by atoms with van der Waals surface area (Å²) in [6.45, 7) is 4.39. The molecule has 0 spiro atoms. The third-order valence-electron chi connectivity index (χ3n) is 5.06. The van der Waals surface area contributed by atoms with Crippen LogP contribution in [-0.4, -0.2) is 22.9 Å². The van der Waals surface area contributed by atoms with E-state index in [0.717, 1.165) is 24.0 Å². The molecule has 1 heterocycles. The number of rotatable bonds is 6. The van der Waals surface area contributed by atoms with E-state index in [1.54, 1.807) is 0 Å². The highest BCUT2D eigenvalue weighted by atomic mass is 15.3. The van der Waals surface area contributed by atoms with Gasteiger partial charge in [0.15, 0.2) is 0 Å². The third-order valence-corrected chi connectivity index (χ3v) is 5.06. The fourth-order valence-corrected chi connectivity index (χ4v) is 3.87. The molecule has 114 valence electrons. The van der Waals surface area contributed by atoms with Crippen molar-refractivity contribution in [2.24, 2.45) is 18.9 Å². The fourth-order valence-electron chi connectivity index (χ4n) is 3.87. The average molecular weight is 277 g/mol. The van der Waals surface area contributed by atoms with E-state index in [0.29, 0.717) is 6.04 Å². The van der Waals surface area contributed by atoms with Gasteiger partial charge in [0.1, 0.15) is 0 Å². The summed E-state index contributed by atoms with van der Waals surface area (Å²) in [5.41, 5.74) is 2.49. The SMILES string of the molecule is CCCC1CCC(C(Cc2cc(C)nn2C)NC)CC1. The number of hydrogen-bond acceptors (Lipinski definition) is 2. The summed E-state index contributed by atoms with van der Waals surface area (Å²) >= 11 is 0. The quantitative estimate of drug-likeness (QED) is 0.863. The van der Waals surface area contributed by atoms with E-state index in [4.69, 9.17) is 0 Å². The van der Waals surface area contributed by atoms with E-state index in [2.05, 4.69) is 44.4 Å². The first-order chi connectivity index (χ1) is 9.63. The maximum absolute atomic E-state index is 4.47. The minimum absolute atomic E-state index is 0.604. The van der Waals surface area contributed by atoms with Crippen LogP contribution >= 0.6 is 0 Å². The van der Waals surface area contributed by atoms with Crippen molar-refractivity contribution in [3.8, 4) is 0 Å². The molecule has 1 unspecified atom stereocenters. The monoisotopic (exact) mass is 277 g/mol. The van der Waals surface area contributed by atoms with Crippen LogP contribution in [0.15, 0.2) is 6.07 Å². The first-order valence-corrected chi connectivity index (χ1v) is 8.30. The molecule has 1 atom stereocenters. The number of nitrogens with zero attached hydrogens (tertiary/aromatic N) is 2. The molecule has 0 bridgehead atoms. The first kappa shape index (κ1) is 15.6. The van der Waals surface area contributed by atoms with Crippen LogP contribution in [0.1, 0.15) is 56.8 Å². The second-order valence-corrected chi connectivity index (χ2v) is 6.57. The highest BCUT2D eigenvalue weighted by Crippen LogP contribution is 2.34. The Balaban J connectivity index is 1.91. The van der Waals surface area contributed by atoms with E-state index in [9.17, 15) is 0 Å². The van der Waals surface area contributed by atoms with Crippen molar-refractivity contribution in [3.63, 3.8) is 0 Å². The second kappa shape index (κ2) is 7.26. The Labute approximate surface area is 124 Å². The van der Waals surface area contributed by atoms with Crippen molar-refractivity contribution >= 4 is 0 Å². The van der Waals surface area contributed by atoms with E-state index >= 15 is 0 Å². The molecule has 20 heavy (non-hydrogen) atoms. The Morgan fingerprint density at radius 1 is 1.35 bits per heavy atom. The van der Waals surface area contributed by atoms with E-state index in [-0.39, 0.29) is 0 Å². The van der Waals surface area contributed by atoms with Crippen LogP contribution < -0.4 is 5.32 Å². The topological polar surface area (TPSA) is 29.9 Å². The summed E-state index contributed by atoms with van der Waals surface area (Å²) in [5, 5.41) is 8.03. The molecule has 1 aliphatic rings. The molecule has 1 aromatic rings. The Hall–Kier alpha value is -0.830. The predicted octanol–water partition coefficient (Wildman–Crippen LogP) is 3.47.